The van der Waals surface area contributed by atoms with Gasteiger partial charge in [-0.25, -0.2) is 0 Å². The lowest BCUT2D eigenvalue weighted by Crippen LogP contribution is -2.42. The third-order valence-electron chi connectivity index (χ3n) is 2.49. The molecule has 110 valence electrons. The fourth-order valence-electron chi connectivity index (χ4n) is 1.62. The van der Waals surface area contributed by atoms with Crippen molar-refractivity contribution in [3.8, 4) is 0 Å². The van der Waals surface area contributed by atoms with E-state index >= 15 is 0 Å². The summed E-state index contributed by atoms with van der Waals surface area (Å²) in [5.41, 5.74) is 0. The van der Waals surface area contributed by atoms with Crippen molar-refractivity contribution in [3.05, 3.63) is 0 Å². The van der Waals surface area contributed by atoms with Gasteiger partial charge in [0.15, 0.2) is 5.96 Å². The Bertz CT molecular complexity index is 220. The van der Waals surface area contributed by atoms with Gasteiger partial charge in [-0.3, -0.25) is 4.99 Å². The van der Waals surface area contributed by atoms with Crippen LogP contribution in [0.1, 0.15) is 41.0 Å². The van der Waals surface area contributed by atoms with Crippen molar-refractivity contribution < 1.29 is 4.74 Å². The minimum atomic E-state index is 0. The van der Waals surface area contributed by atoms with Gasteiger partial charge in [-0.15, -0.1) is 24.0 Å². The molecule has 18 heavy (non-hydrogen) atoms. The van der Waals surface area contributed by atoms with Crippen molar-refractivity contribution in [1.29, 1.82) is 0 Å². The Labute approximate surface area is 129 Å². The number of nitrogens with one attached hydrogen (secondary N) is 2. The molecule has 0 amide bonds. The molecule has 0 aromatic rings. The number of halogens is 1. The maximum Gasteiger partial charge on any atom is 0.191 e. The highest BCUT2D eigenvalue weighted by Gasteiger charge is 2.12. The minimum absolute atomic E-state index is 0. The van der Waals surface area contributed by atoms with E-state index in [1.54, 1.807) is 7.05 Å². The minimum Gasteiger partial charge on any atom is -0.378 e. The first-order chi connectivity index (χ1) is 8.01. The number of hydrogen-bond donors (Lipinski definition) is 2. The van der Waals surface area contributed by atoms with Crippen LogP contribution in [-0.4, -0.2) is 38.3 Å². The SMILES string of the molecule is CCOC(CCNC(=NC)NC(C)C)C(C)C.I. The summed E-state index contributed by atoms with van der Waals surface area (Å²) in [6.07, 6.45) is 1.33. The Kier molecular flexibility index (Phi) is 13.5. The molecule has 1 unspecified atom stereocenters. The van der Waals surface area contributed by atoms with Gasteiger partial charge in [-0.2, -0.15) is 0 Å². The van der Waals surface area contributed by atoms with Crippen LogP contribution in [0.5, 0.6) is 0 Å². The zero-order valence-electron chi connectivity index (χ0n) is 12.6. The molecule has 0 radical (unpaired) electrons. The van der Waals surface area contributed by atoms with Crippen LogP contribution >= 0.6 is 24.0 Å². The van der Waals surface area contributed by atoms with E-state index in [1.807, 2.05) is 6.92 Å². The van der Waals surface area contributed by atoms with E-state index in [0.29, 0.717) is 18.1 Å². The van der Waals surface area contributed by atoms with Crippen molar-refractivity contribution in [2.75, 3.05) is 20.2 Å². The number of aliphatic imine (C=N–C) groups is 1. The molecular weight excluding hydrogens is 341 g/mol. The lowest BCUT2D eigenvalue weighted by atomic mass is 10.0. The molecule has 0 aromatic heterocycles. The molecular formula is C13H30IN3O. The monoisotopic (exact) mass is 371 g/mol. The molecule has 0 aliphatic carbocycles. The third-order valence-corrected chi connectivity index (χ3v) is 2.49. The van der Waals surface area contributed by atoms with Crippen molar-refractivity contribution >= 4 is 29.9 Å². The normalized spacial score (nSPS) is 13.4. The summed E-state index contributed by atoms with van der Waals surface area (Å²) in [4.78, 5) is 4.17. The predicted octanol–water partition coefficient (Wildman–Crippen LogP) is 2.63. The second kappa shape index (κ2) is 12.0. The van der Waals surface area contributed by atoms with Crippen LogP contribution < -0.4 is 10.6 Å². The van der Waals surface area contributed by atoms with Crippen LogP contribution in [0, 0.1) is 5.92 Å². The van der Waals surface area contributed by atoms with Crippen LogP contribution in [0.15, 0.2) is 4.99 Å². The number of ether oxygens (including phenoxy) is 1. The molecule has 0 aliphatic heterocycles. The van der Waals surface area contributed by atoms with Gasteiger partial charge in [0.2, 0.25) is 0 Å². The number of guanidine groups is 1. The molecule has 1 atom stereocenters. The summed E-state index contributed by atoms with van der Waals surface area (Å²) in [5, 5.41) is 6.57. The van der Waals surface area contributed by atoms with Gasteiger partial charge in [-0.1, -0.05) is 13.8 Å². The van der Waals surface area contributed by atoms with E-state index in [-0.39, 0.29) is 24.0 Å². The number of rotatable bonds is 7. The van der Waals surface area contributed by atoms with Crippen LogP contribution in [0.2, 0.25) is 0 Å². The smallest absolute Gasteiger partial charge is 0.191 e. The highest BCUT2D eigenvalue weighted by molar-refractivity contribution is 14.0. The molecule has 0 rings (SSSR count). The highest BCUT2D eigenvalue weighted by Crippen LogP contribution is 2.09. The largest absolute Gasteiger partial charge is 0.378 e. The van der Waals surface area contributed by atoms with Gasteiger partial charge in [0, 0.05) is 26.2 Å². The lowest BCUT2D eigenvalue weighted by Gasteiger charge is -2.22. The van der Waals surface area contributed by atoms with Gasteiger partial charge in [-0.05, 0) is 33.1 Å². The van der Waals surface area contributed by atoms with Crippen LogP contribution in [0.3, 0.4) is 0 Å². The highest BCUT2D eigenvalue weighted by atomic mass is 127. The molecule has 0 saturated carbocycles. The summed E-state index contributed by atoms with van der Waals surface area (Å²) >= 11 is 0. The Hall–Kier alpha value is -0.0400. The lowest BCUT2D eigenvalue weighted by molar-refractivity contribution is 0.0258. The van der Waals surface area contributed by atoms with Crippen molar-refractivity contribution in [3.63, 3.8) is 0 Å². The summed E-state index contributed by atoms with van der Waals surface area (Å²) in [6.45, 7) is 12.3. The Balaban J connectivity index is 0. The van der Waals surface area contributed by atoms with Gasteiger partial charge >= 0.3 is 0 Å². The standard InChI is InChI=1S/C13H29N3O.HI/c1-7-17-12(10(2)3)8-9-15-13(14-6)16-11(4)5;/h10-12H,7-9H2,1-6H3,(H2,14,15,16);1H. The summed E-state index contributed by atoms with van der Waals surface area (Å²) in [5.74, 6) is 1.41. The molecule has 0 aliphatic rings. The zero-order valence-corrected chi connectivity index (χ0v) is 14.9. The number of hydrogen-bond acceptors (Lipinski definition) is 2. The zero-order chi connectivity index (χ0) is 13.3. The fourth-order valence-corrected chi connectivity index (χ4v) is 1.62. The Morgan fingerprint density at radius 1 is 1.22 bits per heavy atom. The molecule has 0 bridgehead atoms. The second-order valence-electron chi connectivity index (χ2n) is 4.82. The first-order valence-corrected chi connectivity index (χ1v) is 6.60. The molecule has 5 heteroatoms. The first-order valence-electron chi connectivity index (χ1n) is 6.60. The Morgan fingerprint density at radius 2 is 1.83 bits per heavy atom. The predicted molar refractivity (Wildman–Crippen MR) is 89.9 cm³/mol. The van der Waals surface area contributed by atoms with Gasteiger partial charge in [0.1, 0.15) is 0 Å². The van der Waals surface area contributed by atoms with Crippen molar-refractivity contribution in [2.45, 2.75) is 53.2 Å². The summed E-state index contributed by atoms with van der Waals surface area (Å²) < 4.78 is 5.70. The van der Waals surface area contributed by atoms with Crippen molar-refractivity contribution in [1.82, 2.24) is 10.6 Å². The van der Waals surface area contributed by atoms with Gasteiger partial charge in [0.05, 0.1) is 6.10 Å². The van der Waals surface area contributed by atoms with Crippen LogP contribution in [0.4, 0.5) is 0 Å². The van der Waals surface area contributed by atoms with E-state index in [0.717, 1.165) is 25.5 Å². The van der Waals surface area contributed by atoms with E-state index in [1.165, 1.54) is 0 Å². The van der Waals surface area contributed by atoms with E-state index in [2.05, 4.69) is 43.3 Å². The van der Waals surface area contributed by atoms with Gasteiger partial charge < -0.3 is 15.4 Å². The van der Waals surface area contributed by atoms with E-state index < -0.39 is 0 Å². The summed E-state index contributed by atoms with van der Waals surface area (Å²) in [6, 6.07) is 0.397. The van der Waals surface area contributed by atoms with Crippen LogP contribution in [0.25, 0.3) is 0 Å². The van der Waals surface area contributed by atoms with Crippen LogP contribution in [-0.2, 0) is 4.74 Å². The maximum absolute atomic E-state index is 5.70. The quantitative estimate of drug-likeness (QED) is 0.411. The van der Waals surface area contributed by atoms with Gasteiger partial charge in [0.25, 0.3) is 0 Å². The third kappa shape index (κ3) is 9.94. The Morgan fingerprint density at radius 3 is 2.22 bits per heavy atom. The molecule has 2 N–H and O–H groups in total. The average molecular weight is 371 g/mol. The average Bonchev–Trinajstić information content (AvgIpc) is 2.25. The number of nitrogens with zero attached hydrogens (tertiary/aromatic N) is 1. The second-order valence-corrected chi connectivity index (χ2v) is 4.82. The van der Waals surface area contributed by atoms with E-state index in [9.17, 15) is 0 Å². The molecule has 4 nitrogen and oxygen atoms in total. The molecule has 0 heterocycles. The topological polar surface area (TPSA) is 45.6 Å². The molecule has 0 spiro atoms. The maximum atomic E-state index is 5.70. The van der Waals surface area contributed by atoms with E-state index in [4.69, 9.17) is 4.74 Å². The first kappa shape index (κ1) is 20.3. The fraction of sp³-hybridized carbons (Fsp3) is 0.923. The molecule has 0 saturated heterocycles. The molecule has 0 aromatic carbocycles. The molecule has 0 fully saturated rings. The summed E-state index contributed by atoms with van der Waals surface area (Å²) in [7, 11) is 1.79. The van der Waals surface area contributed by atoms with Crippen molar-refractivity contribution in [2.24, 2.45) is 10.9 Å².